The number of rotatable bonds is 5. The number of aromatic nitrogens is 3. The molecule has 29 heavy (non-hydrogen) atoms. The van der Waals surface area contributed by atoms with E-state index in [2.05, 4.69) is 14.8 Å². The number of halogens is 2. The summed E-state index contributed by atoms with van der Waals surface area (Å²) in [6.07, 6.45) is 0. The molecule has 0 aliphatic rings. The van der Waals surface area contributed by atoms with E-state index in [0.29, 0.717) is 22.6 Å². The molecule has 0 aliphatic heterocycles. The van der Waals surface area contributed by atoms with Crippen molar-refractivity contribution in [2.24, 2.45) is 0 Å². The van der Waals surface area contributed by atoms with Crippen LogP contribution in [0.25, 0.3) is 28.2 Å². The number of carbonyl (C=O) groups excluding carboxylic acids is 1. The van der Waals surface area contributed by atoms with Crippen LogP contribution in [-0.4, -0.2) is 34.3 Å². The summed E-state index contributed by atoms with van der Waals surface area (Å²) in [5, 5.41) is 4.48. The van der Waals surface area contributed by atoms with Gasteiger partial charge >= 0.3 is 12.6 Å². The van der Waals surface area contributed by atoms with Gasteiger partial charge in [-0.15, -0.1) is 0 Å². The third-order valence-corrected chi connectivity index (χ3v) is 4.27. The number of nitrogens with zero attached hydrogens (tertiary/aromatic N) is 3. The SMILES string of the molecule is COC(=O)c1cc(-c2ccc(OC(F)F)cc2)nc2cc(-c3ccccc3)nn12. The molecule has 0 unspecified atom stereocenters. The van der Waals surface area contributed by atoms with Crippen LogP contribution in [0, 0.1) is 0 Å². The van der Waals surface area contributed by atoms with Gasteiger partial charge in [0.25, 0.3) is 0 Å². The van der Waals surface area contributed by atoms with Crippen molar-refractivity contribution in [1.29, 1.82) is 0 Å². The molecular weight excluding hydrogens is 380 g/mol. The minimum Gasteiger partial charge on any atom is -0.464 e. The number of carbonyl (C=O) groups is 1. The molecule has 4 aromatic rings. The quantitative estimate of drug-likeness (QED) is 0.467. The van der Waals surface area contributed by atoms with Gasteiger partial charge in [0.1, 0.15) is 5.75 Å². The highest BCUT2D eigenvalue weighted by Crippen LogP contribution is 2.26. The van der Waals surface area contributed by atoms with Crippen LogP contribution >= 0.6 is 0 Å². The third-order valence-electron chi connectivity index (χ3n) is 4.27. The Morgan fingerprint density at radius 1 is 0.966 bits per heavy atom. The van der Waals surface area contributed by atoms with E-state index in [1.54, 1.807) is 24.3 Å². The molecule has 0 spiro atoms. The molecule has 6 nitrogen and oxygen atoms in total. The lowest BCUT2D eigenvalue weighted by molar-refractivity contribution is -0.0498. The van der Waals surface area contributed by atoms with Crippen molar-refractivity contribution >= 4 is 11.6 Å². The third kappa shape index (κ3) is 3.77. The Morgan fingerprint density at radius 3 is 2.31 bits per heavy atom. The second-order valence-corrected chi connectivity index (χ2v) is 6.09. The van der Waals surface area contributed by atoms with Gasteiger partial charge in [0.15, 0.2) is 11.3 Å². The second-order valence-electron chi connectivity index (χ2n) is 6.09. The van der Waals surface area contributed by atoms with Crippen molar-refractivity contribution in [3.63, 3.8) is 0 Å². The van der Waals surface area contributed by atoms with E-state index in [4.69, 9.17) is 4.74 Å². The zero-order valence-corrected chi connectivity index (χ0v) is 15.3. The predicted molar refractivity (Wildman–Crippen MR) is 102 cm³/mol. The first kappa shape index (κ1) is 18.5. The summed E-state index contributed by atoms with van der Waals surface area (Å²) in [6.45, 7) is -2.90. The summed E-state index contributed by atoms with van der Waals surface area (Å²) in [4.78, 5) is 16.9. The van der Waals surface area contributed by atoms with E-state index >= 15 is 0 Å². The highest BCUT2D eigenvalue weighted by molar-refractivity contribution is 5.90. The van der Waals surface area contributed by atoms with Gasteiger partial charge in [-0.25, -0.2) is 14.3 Å². The number of alkyl halides is 2. The predicted octanol–water partition coefficient (Wildman–Crippen LogP) is 4.45. The molecule has 2 heterocycles. The van der Waals surface area contributed by atoms with Crippen LogP contribution in [0.15, 0.2) is 66.7 Å². The van der Waals surface area contributed by atoms with E-state index in [0.717, 1.165) is 5.56 Å². The van der Waals surface area contributed by atoms with Gasteiger partial charge in [0.2, 0.25) is 0 Å². The van der Waals surface area contributed by atoms with E-state index in [1.807, 2.05) is 30.3 Å². The monoisotopic (exact) mass is 395 g/mol. The van der Waals surface area contributed by atoms with Gasteiger partial charge in [0.05, 0.1) is 18.5 Å². The summed E-state index contributed by atoms with van der Waals surface area (Å²) in [5.41, 5.74) is 3.28. The van der Waals surface area contributed by atoms with E-state index in [9.17, 15) is 13.6 Å². The van der Waals surface area contributed by atoms with Crippen molar-refractivity contribution < 1.29 is 23.0 Å². The van der Waals surface area contributed by atoms with Crippen LogP contribution < -0.4 is 4.74 Å². The molecule has 0 N–H and O–H groups in total. The minimum absolute atomic E-state index is 0.0359. The lowest BCUT2D eigenvalue weighted by Gasteiger charge is -2.08. The molecule has 0 amide bonds. The van der Waals surface area contributed by atoms with Crippen molar-refractivity contribution in [2.45, 2.75) is 6.61 Å². The zero-order valence-electron chi connectivity index (χ0n) is 15.3. The fourth-order valence-corrected chi connectivity index (χ4v) is 2.93. The average molecular weight is 395 g/mol. The largest absolute Gasteiger partial charge is 0.464 e. The lowest BCUT2D eigenvalue weighted by Crippen LogP contribution is -2.10. The maximum absolute atomic E-state index is 12.3. The van der Waals surface area contributed by atoms with E-state index in [1.165, 1.54) is 23.8 Å². The van der Waals surface area contributed by atoms with Gasteiger partial charge in [-0.1, -0.05) is 30.3 Å². The standard InChI is InChI=1S/C21H15F2N3O3/c1-28-20(27)18-11-16(14-7-9-15(10-8-14)29-21(22)23)24-19-12-17(25-26(18)19)13-5-3-2-4-6-13/h2-12,21H,1H3. The highest BCUT2D eigenvalue weighted by atomic mass is 19.3. The van der Waals surface area contributed by atoms with E-state index < -0.39 is 12.6 Å². The molecule has 0 fully saturated rings. The zero-order chi connectivity index (χ0) is 20.4. The first-order valence-corrected chi connectivity index (χ1v) is 8.65. The maximum atomic E-state index is 12.3. The minimum atomic E-state index is -2.90. The molecule has 2 aromatic carbocycles. The van der Waals surface area contributed by atoms with Gasteiger partial charge in [-0.05, 0) is 30.3 Å². The van der Waals surface area contributed by atoms with Crippen LogP contribution in [0.4, 0.5) is 8.78 Å². The second kappa shape index (κ2) is 7.67. The molecule has 0 radical (unpaired) electrons. The summed E-state index contributed by atoms with van der Waals surface area (Å²) in [5.74, 6) is -0.534. The Kier molecular flexibility index (Phi) is 4.90. The number of esters is 1. The smallest absolute Gasteiger partial charge is 0.387 e. The lowest BCUT2D eigenvalue weighted by atomic mass is 10.1. The Balaban J connectivity index is 1.82. The normalized spacial score (nSPS) is 11.0. The maximum Gasteiger partial charge on any atom is 0.387 e. The van der Waals surface area contributed by atoms with Crippen molar-refractivity contribution in [1.82, 2.24) is 14.6 Å². The molecule has 0 saturated carbocycles. The van der Waals surface area contributed by atoms with Crippen molar-refractivity contribution in [2.75, 3.05) is 7.11 Å². The summed E-state index contributed by atoms with van der Waals surface area (Å²) >= 11 is 0. The summed E-state index contributed by atoms with van der Waals surface area (Å²) in [7, 11) is 1.28. The number of ether oxygens (including phenoxy) is 2. The van der Waals surface area contributed by atoms with Crippen LogP contribution in [0.2, 0.25) is 0 Å². The highest BCUT2D eigenvalue weighted by Gasteiger charge is 2.17. The number of fused-ring (bicyclic) bond motifs is 1. The summed E-state index contributed by atoms with van der Waals surface area (Å²) < 4.78 is 35.4. The Labute approximate surface area is 164 Å². The molecule has 2 aromatic heterocycles. The molecular formula is C21H15F2N3O3. The van der Waals surface area contributed by atoms with Gasteiger partial charge in [-0.2, -0.15) is 13.9 Å². The fourth-order valence-electron chi connectivity index (χ4n) is 2.93. The fraction of sp³-hybridized carbons (Fsp3) is 0.0952. The van der Waals surface area contributed by atoms with Crippen LogP contribution in [0.3, 0.4) is 0 Å². The van der Waals surface area contributed by atoms with Crippen LogP contribution in [-0.2, 0) is 4.74 Å². The molecule has 0 aliphatic carbocycles. The Hall–Kier alpha value is -3.81. The van der Waals surface area contributed by atoms with Crippen molar-refractivity contribution in [3.05, 3.63) is 72.4 Å². The topological polar surface area (TPSA) is 65.7 Å². The van der Waals surface area contributed by atoms with Gasteiger partial charge < -0.3 is 9.47 Å². The van der Waals surface area contributed by atoms with Crippen LogP contribution in [0.1, 0.15) is 10.5 Å². The Morgan fingerprint density at radius 2 is 1.66 bits per heavy atom. The Bertz CT molecular complexity index is 1160. The van der Waals surface area contributed by atoms with Gasteiger partial charge in [0, 0.05) is 17.2 Å². The van der Waals surface area contributed by atoms with E-state index in [-0.39, 0.29) is 11.4 Å². The first-order chi connectivity index (χ1) is 14.0. The molecule has 146 valence electrons. The number of benzene rings is 2. The van der Waals surface area contributed by atoms with Crippen LogP contribution in [0.5, 0.6) is 5.75 Å². The molecule has 4 rings (SSSR count). The first-order valence-electron chi connectivity index (χ1n) is 8.65. The number of hydrogen-bond donors (Lipinski definition) is 0. The summed E-state index contributed by atoms with van der Waals surface area (Å²) in [6, 6.07) is 18.8. The number of hydrogen-bond acceptors (Lipinski definition) is 5. The molecule has 0 bridgehead atoms. The molecule has 0 saturated heterocycles. The van der Waals surface area contributed by atoms with Gasteiger partial charge in [-0.3, -0.25) is 0 Å². The average Bonchev–Trinajstić information content (AvgIpc) is 3.17. The van der Waals surface area contributed by atoms with Crippen molar-refractivity contribution in [3.8, 4) is 28.3 Å². The molecule has 0 atom stereocenters. The number of methoxy groups -OCH3 is 1. The molecule has 8 heteroatoms.